The first-order valence-electron chi connectivity index (χ1n) is 12.2. The van der Waals surface area contributed by atoms with Gasteiger partial charge in [-0.1, -0.05) is 63.9 Å². The number of carbonyl (C=O) groups excluding carboxylic acids is 2. The largest absolute Gasteiger partial charge is 0.421 e. The molecule has 0 saturated carbocycles. The van der Waals surface area contributed by atoms with Crippen molar-refractivity contribution in [2.24, 2.45) is 5.10 Å². The van der Waals surface area contributed by atoms with Crippen molar-refractivity contribution in [3.05, 3.63) is 121 Å². The second kappa shape index (κ2) is 12.3. The Hall–Kier alpha value is -4.00. The maximum Gasteiger partial charge on any atom is 0.416 e. The summed E-state index contributed by atoms with van der Waals surface area (Å²) in [5.41, 5.74) is 2.20. The summed E-state index contributed by atoms with van der Waals surface area (Å²) in [6, 6.07) is 18.1. The molecule has 1 heterocycles. The number of nitrogens with one attached hydrogen (secondary N) is 2. The molecular weight excluding hydrogens is 722 g/mol. The quantitative estimate of drug-likeness (QED) is 0.0600. The molecule has 6 nitrogen and oxygen atoms in total. The number of hydrogen-bond donors (Lipinski definition) is 2. The average Bonchev–Trinajstić information content (AvgIpc) is 3.35. The molecule has 4 aromatic carbocycles. The van der Waals surface area contributed by atoms with Gasteiger partial charge in [0.1, 0.15) is 11.5 Å². The van der Waals surface area contributed by atoms with Gasteiger partial charge < -0.3 is 9.72 Å². The number of fused-ring (bicyclic) bond motifs is 1. The first-order valence-corrected chi connectivity index (χ1v) is 14.2. The Kier molecular flexibility index (Phi) is 8.72. The van der Waals surface area contributed by atoms with Gasteiger partial charge in [-0.3, -0.25) is 4.79 Å². The van der Waals surface area contributed by atoms with E-state index in [-0.39, 0.29) is 32.6 Å². The SMILES string of the molecule is O=C(Oc1c(Br)cc(Br)cc1C=NNC(=O)c1[nH]c2c(F)cccc2c1-c1ccccc1Cl)c1cccc(C(F)(F)F)c1. The Morgan fingerprint density at radius 3 is 2.47 bits per heavy atom. The van der Waals surface area contributed by atoms with Crippen LogP contribution in [0.4, 0.5) is 17.6 Å². The van der Waals surface area contributed by atoms with Crippen molar-refractivity contribution in [2.45, 2.75) is 6.18 Å². The van der Waals surface area contributed by atoms with E-state index in [1.807, 2.05) is 0 Å². The minimum atomic E-state index is -4.65. The zero-order valence-corrected chi connectivity index (χ0v) is 25.3. The maximum atomic E-state index is 14.6. The predicted molar refractivity (Wildman–Crippen MR) is 162 cm³/mol. The molecule has 0 atom stereocenters. The number of hydrogen-bond acceptors (Lipinski definition) is 4. The first kappa shape index (κ1) is 30.5. The molecule has 5 aromatic rings. The number of aromatic nitrogens is 1. The van der Waals surface area contributed by atoms with Gasteiger partial charge >= 0.3 is 12.1 Å². The van der Waals surface area contributed by atoms with Crippen LogP contribution in [-0.4, -0.2) is 23.1 Å². The van der Waals surface area contributed by atoms with Crippen LogP contribution in [0.2, 0.25) is 5.02 Å². The third kappa shape index (κ3) is 6.51. The molecule has 5 rings (SSSR count). The van der Waals surface area contributed by atoms with Gasteiger partial charge in [0.05, 0.1) is 27.3 Å². The highest BCUT2D eigenvalue weighted by Gasteiger charge is 2.31. The number of H-pyrrole nitrogens is 1. The summed E-state index contributed by atoms with van der Waals surface area (Å²) in [7, 11) is 0. The molecule has 43 heavy (non-hydrogen) atoms. The summed E-state index contributed by atoms with van der Waals surface area (Å²) in [5, 5.41) is 4.76. The smallest absolute Gasteiger partial charge is 0.416 e. The van der Waals surface area contributed by atoms with Crippen LogP contribution in [0.25, 0.3) is 22.0 Å². The van der Waals surface area contributed by atoms with Crippen LogP contribution in [0.3, 0.4) is 0 Å². The molecule has 218 valence electrons. The number of ether oxygens (including phenoxy) is 1. The van der Waals surface area contributed by atoms with E-state index in [4.69, 9.17) is 16.3 Å². The van der Waals surface area contributed by atoms with E-state index in [0.29, 0.717) is 32.1 Å². The van der Waals surface area contributed by atoms with E-state index in [0.717, 1.165) is 12.1 Å². The van der Waals surface area contributed by atoms with Gasteiger partial charge in [0.15, 0.2) is 5.75 Å². The minimum absolute atomic E-state index is 0.00281. The molecule has 1 amide bonds. The lowest BCUT2D eigenvalue weighted by atomic mass is 10.0. The number of aromatic amines is 1. The molecule has 2 N–H and O–H groups in total. The number of carbonyl (C=O) groups is 2. The van der Waals surface area contributed by atoms with E-state index in [2.05, 4.69) is 47.4 Å². The van der Waals surface area contributed by atoms with Crippen LogP contribution in [0.15, 0.2) is 92.9 Å². The fourth-order valence-corrected chi connectivity index (χ4v) is 5.84. The Bertz CT molecular complexity index is 1930. The van der Waals surface area contributed by atoms with Crippen LogP contribution in [0, 0.1) is 5.82 Å². The summed E-state index contributed by atoms with van der Waals surface area (Å²) >= 11 is 13.0. The number of hydrazone groups is 1. The van der Waals surface area contributed by atoms with Crippen LogP contribution >= 0.6 is 43.5 Å². The summed E-state index contributed by atoms with van der Waals surface area (Å²) in [6.07, 6.45) is -3.46. The van der Waals surface area contributed by atoms with Crippen LogP contribution in [-0.2, 0) is 6.18 Å². The van der Waals surface area contributed by atoms with Crippen molar-refractivity contribution in [1.82, 2.24) is 10.4 Å². The summed E-state index contributed by atoms with van der Waals surface area (Å²) in [6.45, 7) is 0. The highest BCUT2D eigenvalue weighted by Crippen LogP contribution is 2.38. The summed E-state index contributed by atoms with van der Waals surface area (Å²) in [4.78, 5) is 28.9. The Balaban J connectivity index is 1.45. The number of benzene rings is 4. The highest BCUT2D eigenvalue weighted by molar-refractivity contribution is 9.11. The molecule has 1 aromatic heterocycles. The van der Waals surface area contributed by atoms with Crippen molar-refractivity contribution >= 4 is 72.5 Å². The zero-order chi connectivity index (χ0) is 30.9. The van der Waals surface area contributed by atoms with E-state index in [1.165, 1.54) is 30.5 Å². The van der Waals surface area contributed by atoms with Gasteiger partial charge in [0.2, 0.25) is 0 Å². The second-order valence-electron chi connectivity index (χ2n) is 8.99. The molecule has 0 unspecified atom stereocenters. The number of esters is 1. The molecule has 0 spiro atoms. The molecule has 0 radical (unpaired) electrons. The van der Waals surface area contributed by atoms with Gasteiger partial charge in [-0.25, -0.2) is 14.6 Å². The lowest BCUT2D eigenvalue weighted by molar-refractivity contribution is -0.137. The molecule has 0 fully saturated rings. The number of amides is 1. The predicted octanol–water partition coefficient (Wildman–Crippen LogP) is 9.15. The normalized spacial score (nSPS) is 11.7. The van der Waals surface area contributed by atoms with Gasteiger partial charge in [-0.2, -0.15) is 18.3 Å². The van der Waals surface area contributed by atoms with Gasteiger partial charge in [0, 0.05) is 31.6 Å². The van der Waals surface area contributed by atoms with Crippen molar-refractivity contribution in [2.75, 3.05) is 0 Å². The number of alkyl halides is 3. The molecule has 0 bridgehead atoms. The van der Waals surface area contributed by atoms with E-state index >= 15 is 0 Å². The van der Waals surface area contributed by atoms with Crippen LogP contribution in [0.1, 0.15) is 32.0 Å². The Labute approximate surface area is 263 Å². The fraction of sp³-hybridized carbons (Fsp3) is 0.0333. The molecule has 0 aliphatic heterocycles. The lowest BCUT2D eigenvalue weighted by Gasteiger charge is -2.12. The summed E-state index contributed by atoms with van der Waals surface area (Å²) in [5.74, 6) is -2.40. The van der Waals surface area contributed by atoms with E-state index < -0.39 is 29.4 Å². The van der Waals surface area contributed by atoms with E-state index in [9.17, 15) is 27.2 Å². The molecule has 0 aliphatic carbocycles. The average molecular weight is 738 g/mol. The molecule has 0 aliphatic rings. The monoisotopic (exact) mass is 735 g/mol. The second-order valence-corrected chi connectivity index (χ2v) is 11.2. The Morgan fingerprint density at radius 1 is 0.977 bits per heavy atom. The van der Waals surface area contributed by atoms with Gasteiger partial charge in [-0.05, 0) is 58.4 Å². The topological polar surface area (TPSA) is 83.5 Å². The number of para-hydroxylation sites is 1. The zero-order valence-electron chi connectivity index (χ0n) is 21.4. The number of halogens is 7. The molecular formula is C30H16Br2ClF4N3O3. The third-order valence-electron chi connectivity index (χ3n) is 6.18. The standard InChI is InChI=1S/C30H16Br2ClF4N3O3/c31-18-12-16(27(21(32)13-18)43-29(42)15-5-3-6-17(11-15)30(35,36)37)14-38-40-28(41)26-24(19-7-1-2-9-22(19)33)20-8-4-10-23(34)25(20)39-26/h1-14,39H,(H,40,41). The number of nitrogens with zero attached hydrogens (tertiary/aromatic N) is 1. The van der Waals surface area contributed by atoms with Crippen molar-refractivity contribution in [3.8, 4) is 16.9 Å². The van der Waals surface area contributed by atoms with Crippen molar-refractivity contribution in [1.29, 1.82) is 0 Å². The molecule has 0 saturated heterocycles. The highest BCUT2D eigenvalue weighted by atomic mass is 79.9. The molecule has 13 heteroatoms. The van der Waals surface area contributed by atoms with Crippen molar-refractivity contribution in [3.63, 3.8) is 0 Å². The Morgan fingerprint density at radius 2 is 1.72 bits per heavy atom. The van der Waals surface area contributed by atoms with Crippen LogP contribution < -0.4 is 10.2 Å². The van der Waals surface area contributed by atoms with Crippen molar-refractivity contribution < 1.29 is 31.9 Å². The van der Waals surface area contributed by atoms with E-state index in [1.54, 1.807) is 36.4 Å². The lowest BCUT2D eigenvalue weighted by Crippen LogP contribution is -2.19. The maximum absolute atomic E-state index is 14.6. The summed E-state index contributed by atoms with van der Waals surface area (Å²) < 4.78 is 60.3. The number of rotatable bonds is 6. The third-order valence-corrected chi connectivity index (χ3v) is 7.56. The van der Waals surface area contributed by atoms with Gasteiger partial charge in [-0.15, -0.1) is 0 Å². The van der Waals surface area contributed by atoms with Crippen LogP contribution in [0.5, 0.6) is 5.75 Å². The minimum Gasteiger partial charge on any atom is -0.421 e. The fourth-order valence-electron chi connectivity index (χ4n) is 4.27. The van der Waals surface area contributed by atoms with Gasteiger partial charge in [0.25, 0.3) is 5.91 Å². The first-order chi connectivity index (χ1) is 20.4.